The highest BCUT2D eigenvalue weighted by molar-refractivity contribution is 6.04. The van der Waals surface area contributed by atoms with Crippen molar-refractivity contribution in [3.8, 4) is 0 Å². The summed E-state index contributed by atoms with van der Waals surface area (Å²) in [5, 5.41) is 0. The molecule has 1 aliphatic heterocycles. The van der Waals surface area contributed by atoms with Gasteiger partial charge in [-0.3, -0.25) is 19.3 Å². The van der Waals surface area contributed by atoms with Crippen LogP contribution in [0.1, 0.15) is 36.0 Å². The molecular weight excluding hydrogens is 249 g/mol. The molecule has 1 aromatic carbocycles. The fourth-order valence-corrected chi connectivity index (χ4v) is 2.03. The number of hydrogen-bond acceptors (Lipinski definition) is 3. The van der Waals surface area contributed by atoms with E-state index >= 15 is 0 Å². The second kappa shape index (κ2) is 5.73. The SMILES string of the molecule is O=C(CN1C(=O)CCCCC1=O)c1cccc(F)c1. The molecule has 1 saturated heterocycles. The molecule has 2 rings (SSSR count). The monoisotopic (exact) mass is 263 g/mol. The molecule has 5 heteroatoms. The Hall–Kier alpha value is -2.04. The molecular formula is C14H14FNO3. The Morgan fingerprint density at radius 2 is 1.79 bits per heavy atom. The van der Waals surface area contributed by atoms with Crippen molar-refractivity contribution in [3.05, 3.63) is 35.6 Å². The first-order chi connectivity index (χ1) is 9.08. The van der Waals surface area contributed by atoms with Gasteiger partial charge in [-0.05, 0) is 25.0 Å². The van der Waals surface area contributed by atoms with Crippen LogP contribution in [0.3, 0.4) is 0 Å². The maximum Gasteiger partial charge on any atom is 0.229 e. The average Bonchev–Trinajstić information content (AvgIpc) is 2.54. The van der Waals surface area contributed by atoms with Gasteiger partial charge in [-0.1, -0.05) is 12.1 Å². The lowest BCUT2D eigenvalue weighted by Gasteiger charge is -2.17. The summed E-state index contributed by atoms with van der Waals surface area (Å²) in [4.78, 5) is 36.4. The lowest BCUT2D eigenvalue weighted by Crippen LogP contribution is -2.39. The second-order valence-corrected chi connectivity index (χ2v) is 4.51. The van der Waals surface area contributed by atoms with E-state index in [-0.39, 0.29) is 36.8 Å². The van der Waals surface area contributed by atoms with Crippen molar-refractivity contribution in [2.24, 2.45) is 0 Å². The Morgan fingerprint density at radius 3 is 2.37 bits per heavy atom. The number of Topliss-reactive ketones (excluding diaryl/α,β-unsaturated/α-hetero) is 1. The predicted octanol–water partition coefficient (Wildman–Crippen LogP) is 1.94. The fourth-order valence-electron chi connectivity index (χ4n) is 2.03. The number of carbonyl (C=O) groups excluding carboxylic acids is 3. The largest absolute Gasteiger partial charge is 0.292 e. The number of halogens is 1. The number of ketones is 1. The number of hydrogen-bond donors (Lipinski definition) is 0. The van der Waals surface area contributed by atoms with Crippen LogP contribution in [0.25, 0.3) is 0 Å². The Labute approximate surface area is 110 Å². The molecule has 0 N–H and O–H groups in total. The van der Waals surface area contributed by atoms with Crippen molar-refractivity contribution in [2.45, 2.75) is 25.7 Å². The highest BCUT2D eigenvalue weighted by atomic mass is 19.1. The minimum atomic E-state index is -0.514. The average molecular weight is 263 g/mol. The molecule has 0 spiro atoms. The molecule has 0 bridgehead atoms. The standard InChI is InChI=1S/C14H14FNO3/c15-11-5-3-4-10(8-11)12(17)9-16-13(18)6-1-2-7-14(16)19/h3-5,8H,1-2,6-7,9H2. The van der Waals surface area contributed by atoms with Crippen molar-refractivity contribution in [1.29, 1.82) is 0 Å². The summed E-state index contributed by atoms with van der Waals surface area (Å²) < 4.78 is 13.0. The van der Waals surface area contributed by atoms with E-state index in [0.29, 0.717) is 12.8 Å². The number of amides is 2. The molecule has 1 heterocycles. The normalized spacial score (nSPS) is 16.4. The summed E-state index contributed by atoms with van der Waals surface area (Å²) in [5.41, 5.74) is 0.171. The number of nitrogens with zero attached hydrogens (tertiary/aromatic N) is 1. The summed E-state index contributed by atoms with van der Waals surface area (Å²) in [6, 6.07) is 5.24. The third-order valence-corrected chi connectivity index (χ3v) is 3.08. The highest BCUT2D eigenvalue weighted by Gasteiger charge is 2.26. The van der Waals surface area contributed by atoms with Crippen LogP contribution in [0, 0.1) is 5.82 Å². The molecule has 100 valence electrons. The second-order valence-electron chi connectivity index (χ2n) is 4.51. The molecule has 0 aromatic heterocycles. The van der Waals surface area contributed by atoms with E-state index in [1.807, 2.05) is 0 Å². The van der Waals surface area contributed by atoms with Crippen molar-refractivity contribution in [1.82, 2.24) is 4.90 Å². The van der Waals surface area contributed by atoms with Gasteiger partial charge < -0.3 is 0 Å². The van der Waals surface area contributed by atoms with Crippen LogP contribution >= 0.6 is 0 Å². The molecule has 0 saturated carbocycles. The van der Waals surface area contributed by atoms with Gasteiger partial charge in [0.25, 0.3) is 0 Å². The number of imide groups is 1. The lowest BCUT2D eigenvalue weighted by molar-refractivity contribution is -0.143. The number of likely N-dealkylation sites (tertiary alicyclic amines) is 1. The topological polar surface area (TPSA) is 54.5 Å². The van der Waals surface area contributed by atoms with E-state index in [1.165, 1.54) is 18.2 Å². The minimum Gasteiger partial charge on any atom is -0.292 e. The van der Waals surface area contributed by atoms with Crippen LogP contribution in [-0.4, -0.2) is 29.0 Å². The van der Waals surface area contributed by atoms with E-state index in [1.54, 1.807) is 0 Å². The zero-order valence-corrected chi connectivity index (χ0v) is 10.4. The van der Waals surface area contributed by atoms with Crippen LogP contribution in [-0.2, 0) is 9.59 Å². The van der Waals surface area contributed by atoms with Gasteiger partial charge in [0.1, 0.15) is 5.82 Å². The molecule has 1 aliphatic rings. The van der Waals surface area contributed by atoms with E-state index in [0.717, 1.165) is 11.0 Å². The van der Waals surface area contributed by atoms with Gasteiger partial charge >= 0.3 is 0 Å². The van der Waals surface area contributed by atoms with E-state index in [4.69, 9.17) is 0 Å². The zero-order chi connectivity index (χ0) is 13.8. The van der Waals surface area contributed by atoms with Crippen molar-refractivity contribution < 1.29 is 18.8 Å². The van der Waals surface area contributed by atoms with Gasteiger partial charge in [-0.25, -0.2) is 4.39 Å². The van der Waals surface area contributed by atoms with E-state index in [2.05, 4.69) is 0 Å². The molecule has 19 heavy (non-hydrogen) atoms. The maximum atomic E-state index is 13.0. The summed E-state index contributed by atoms with van der Waals surface area (Å²) in [7, 11) is 0. The van der Waals surface area contributed by atoms with Gasteiger partial charge in [-0.15, -0.1) is 0 Å². The van der Waals surface area contributed by atoms with E-state index < -0.39 is 11.6 Å². The first-order valence-corrected chi connectivity index (χ1v) is 6.20. The highest BCUT2D eigenvalue weighted by Crippen LogP contribution is 2.14. The zero-order valence-electron chi connectivity index (χ0n) is 10.4. The van der Waals surface area contributed by atoms with Crippen LogP contribution < -0.4 is 0 Å². The molecule has 0 radical (unpaired) electrons. The number of rotatable bonds is 3. The molecule has 1 aromatic rings. The summed E-state index contributed by atoms with van der Waals surface area (Å²) >= 11 is 0. The van der Waals surface area contributed by atoms with Crippen LogP contribution in [0.4, 0.5) is 4.39 Å². The van der Waals surface area contributed by atoms with Crippen molar-refractivity contribution in [2.75, 3.05) is 6.54 Å². The molecule has 4 nitrogen and oxygen atoms in total. The Morgan fingerprint density at radius 1 is 1.16 bits per heavy atom. The lowest BCUT2D eigenvalue weighted by atomic mass is 10.1. The van der Waals surface area contributed by atoms with Crippen molar-refractivity contribution in [3.63, 3.8) is 0 Å². The van der Waals surface area contributed by atoms with Gasteiger partial charge in [0, 0.05) is 18.4 Å². The Kier molecular flexibility index (Phi) is 4.04. The predicted molar refractivity (Wildman–Crippen MR) is 65.9 cm³/mol. The maximum absolute atomic E-state index is 13.0. The van der Waals surface area contributed by atoms with Crippen LogP contribution in [0.15, 0.2) is 24.3 Å². The molecule has 0 atom stereocenters. The third-order valence-electron chi connectivity index (χ3n) is 3.08. The fraction of sp³-hybridized carbons (Fsp3) is 0.357. The van der Waals surface area contributed by atoms with Crippen LogP contribution in [0.2, 0.25) is 0 Å². The van der Waals surface area contributed by atoms with E-state index in [9.17, 15) is 18.8 Å². The molecule has 0 aliphatic carbocycles. The minimum absolute atomic E-state index is 0.171. The number of carbonyl (C=O) groups is 3. The number of benzene rings is 1. The van der Waals surface area contributed by atoms with Gasteiger partial charge in [-0.2, -0.15) is 0 Å². The summed E-state index contributed by atoms with van der Waals surface area (Å²) in [6.07, 6.45) is 1.88. The molecule has 2 amide bonds. The first kappa shape index (κ1) is 13.4. The Balaban J connectivity index is 2.12. The Bertz CT molecular complexity index is 509. The van der Waals surface area contributed by atoms with Crippen molar-refractivity contribution >= 4 is 17.6 Å². The summed E-state index contributed by atoms with van der Waals surface area (Å²) in [6.45, 7) is -0.304. The molecule has 1 fully saturated rings. The van der Waals surface area contributed by atoms with Gasteiger partial charge in [0.15, 0.2) is 5.78 Å². The third kappa shape index (κ3) is 3.24. The summed E-state index contributed by atoms with van der Waals surface area (Å²) in [5.74, 6) is -1.60. The molecule has 0 unspecified atom stereocenters. The first-order valence-electron chi connectivity index (χ1n) is 6.20. The quantitative estimate of drug-likeness (QED) is 0.618. The van der Waals surface area contributed by atoms with Gasteiger partial charge in [0.05, 0.1) is 6.54 Å². The van der Waals surface area contributed by atoms with Crippen LogP contribution in [0.5, 0.6) is 0 Å². The smallest absolute Gasteiger partial charge is 0.229 e. The van der Waals surface area contributed by atoms with Gasteiger partial charge in [0.2, 0.25) is 11.8 Å².